The molecule has 1 aromatic carbocycles. The minimum Gasteiger partial charge on any atom is -0.0843 e. The first kappa shape index (κ1) is 9.60. The molecule has 0 saturated carbocycles. The number of rotatable bonds is 2. The summed E-state index contributed by atoms with van der Waals surface area (Å²) in [7, 11) is 0. The van der Waals surface area contributed by atoms with Crippen LogP contribution in [0.3, 0.4) is 0 Å². The average molecular weight is 183 g/mol. The van der Waals surface area contributed by atoms with Gasteiger partial charge in [0.15, 0.2) is 0 Å². The number of hydrogen-bond donors (Lipinski definition) is 0. The van der Waals surface area contributed by atoms with Crippen LogP contribution in [0.5, 0.6) is 0 Å². The average Bonchev–Trinajstić information content (AvgIpc) is 1.96. The molecular weight excluding hydrogens is 168 g/mol. The lowest BCUT2D eigenvalue weighted by atomic mass is 9.99. The lowest BCUT2D eigenvalue weighted by molar-refractivity contribution is 0.903. The zero-order valence-corrected chi connectivity index (χ0v) is 8.70. The Bertz CT molecular complexity index is 253. The normalized spacial score (nSPS) is 10.3. The highest BCUT2D eigenvalue weighted by Crippen LogP contribution is 2.20. The van der Waals surface area contributed by atoms with E-state index in [0.29, 0.717) is 0 Å². The molecule has 0 N–H and O–H groups in total. The van der Waals surface area contributed by atoms with E-state index in [-0.39, 0.29) is 0 Å². The summed E-state index contributed by atoms with van der Waals surface area (Å²) in [4.78, 5) is 0. The lowest BCUT2D eigenvalue weighted by Crippen LogP contribution is -1.92. The maximum Gasteiger partial charge on any atom is 0.0411 e. The van der Waals surface area contributed by atoms with Crippen LogP contribution in [0, 0.1) is 13.8 Å². The van der Waals surface area contributed by atoms with Crippen molar-refractivity contribution >= 4 is 11.6 Å². The summed E-state index contributed by atoms with van der Waals surface area (Å²) < 4.78 is 0. The van der Waals surface area contributed by atoms with Crippen LogP contribution in [0.4, 0.5) is 0 Å². The van der Waals surface area contributed by atoms with Gasteiger partial charge in [-0.2, -0.15) is 0 Å². The summed E-state index contributed by atoms with van der Waals surface area (Å²) in [6.07, 6.45) is 2.36. The highest BCUT2D eigenvalue weighted by molar-refractivity contribution is 6.30. The van der Waals surface area contributed by atoms with E-state index in [2.05, 4.69) is 20.8 Å². The van der Waals surface area contributed by atoms with E-state index >= 15 is 0 Å². The molecule has 0 spiro atoms. The standard InChI is InChI=1S/C11H15Cl/c1-4-5-11-8(2)6-10(12)7-9(11)3/h6-7H,4-5H2,1-3H3. The van der Waals surface area contributed by atoms with Gasteiger partial charge in [-0.05, 0) is 49.1 Å². The molecule has 0 heterocycles. The van der Waals surface area contributed by atoms with Crippen molar-refractivity contribution in [2.75, 3.05) is 0 Å². The summed E-state index contributed by atoms with van der Waals surface area (Å²) in [5.41, 5.74) is 4.10. The van der Waals surface area contributed by atoms with Gasteiger partial charge in [-0.15, -0.1) is 0 Å². The van der Waals surface area contributed by atoms with Gasteiger partial charge in [0.2, 0.25) is 0 Å². The third kappa shape index (κ3) is 2.01. The van der Waals surface area contributed by atoms with Crippen LogP contribution in [0.25, 0.3) is 0 Å². The molecule has 0 amide bonds. The number of halogens is 1. The molecule has 0 aliphatic rings. The van der Waals surface area contributed by atoms with Crippen LogP contribution in [-0.2, 0) is 6.42 Å². The number of benzene rings is 1. The summed E-state index contributed by atoms with van der Waals surface area (Å²) in [6, 6.07) is 4.08. The van der Waals surface area contributed by atoms with E-state index in [0.717, 1.165) is 11.4 Å². The van der Waals surface area contributed by atoms with E-state index in [9.17, 15) is 0 Å². The zero-order valence-electron chi connectivity index (χ0n) is 7.95. The van der Waals surface area contributed by atoms with Crippen molar-refractivity contribution in [3.8, 4) is 0 Å². The molecule has 0 atom stereocenters. The largest absolute Gasteiger partial charge is 0.0843 e. The second kappa shape index (κ2) is 3.95. The van der Waals surface area contributed by atoms with Gasteiger partial charge in [0, 0.05) is 5.02 Å². The summed E-state index contributed by atoms with van der Waals surface area (Å²) >= 11 is 5.92. The molecule has 0 aliphatic heterocycles. The fourth-order valence-electron chi connectivity index (χ4n) is 1.58. The molecule has 0 saturated heterocycles. The van der Waals surface area contributed by atoms with Crippen molar-refractivity contribution in [2.45, 2.75) is 33.6 Å². The zero-order chi connectivity index (χ0) is 9.14. The molecule has 1 aromatic rings. The third-order valence-corrected chi connectivity index (χ3v) is 2.38. The van der Waals surface area contributed by atoms with Gasteiger partial charge in [0.25, 0.3) is 0 Å². The SMILES string of the molecule is CCCc1c(C)cc(Cl)cc1C. The Morgan fingerprint density at radius 2 is 1.67 bits per heavy atom. The van der Waals surface area contributed by atoms with Gasteiger partial charge in [-0.25, -0.2) is 0 Å². The van der Waals surface area contributed by atoms with E-state index < -0.39 is 0 Å². The summed E-state index contributed by atoms with van der Waals surface area (Å²) in [5, 5.41) is 0.852. The van der Waals surface area contributed by atoms with Crippen LogP contribution < -0.4 is 0 Å². The summed E-state index contributed by atoms with van der Waals surface area (Å²) in [6.45, 7) is 6.46. The predicted octanol–water partition coefficient (Wildman–Crippen LogP) is 3.91. The van der Waals surface area contributed by atoms with Gasteiger partial charge >= 0.3 is 0 Å². The second-order valence-corrected chi connectivity index (χ2v) is 3.70. The molecule has 0 nitrogen and oxygen atoms in total. The Kier molecular flexibility index (Phi) is 3.16. The van der Waals surface area contributed by atoms with Crippen LogP contribution in [0.15, 0.2) is 12.1 Å². The van der Waals surface area contributed by atoms with Gasteiger partial charge < -0.3 is 0 Å². The molecule has 0 unspecified atom stereocenters. The second-order valence-electron chi connectivity index (χ2n) is 3.27. The summed E-state index contributed by atoms with van der Waals surface area (Å²) in [5.74, 6) is 0. The minimum atomic E-state index is 0.852. The minimum absolute atomic E-state index is 0.852. The van der Waals surface area contributed by atoms with Crippen molar-refractivity contribution in [1.29, 1.82) is 0 Å². The Balaban J connectivity index is 3.10. The van der Waals surface area contributed by atoms with Gasteiger partial charge in [0.1, 0.15) is 0 Å². The topological polar surface area (TPSA) is 0 Å². The fraction of sp³-hybridized carbons (Fsp3) is 0.455. The highest BCUT2D eigenvalue weighted by Gasteiger charge is 2.02. The van der Waals surface area contributed by atoms with E-state index in [1.807, 2.05) is 12.1 Å². The van der Waals surface area contributed by atoms with E-state index in [1.165, 1.54) is 23.1 Å². The maximum atomic E-state index is 5.92. The first-order chi connectivity index (χ1) is 5.65. The molecule has 0 radical (unpaired) electrons. The lowest BCUT2D eigenvalue weighted by Gasteiger charge is -2.08. The quantitative estimate of drug-likeness (QED) is 0.651. The third-order valence-electron chi connectivity index (χ3n) is 2.16. The van der Waals surface area contributed by atoms with Crippen LogP contribution in [0.1, 0.15) is 30.0 Å². The Morgan fingerprint density at radius 1 is 1.17 bits per heavy atom. The molecule has 0 aliphatic carbocycles. The number of aryl methyl sites for hydroxylation is 2. The van der Waals surface area contributed by atoms with E-state index in [4.69, 9.17) is 11.6 Å². The van der Waals surface area contributed by atoms with Crippen LogP contribution in [0.2, 0.25) is 5.02 Å². The molecule has 1 rings (SSSR count). The fourth-order valence-corrected chi connectivity index (χ4v) is 1.91. The first-order valence-corrected chi connectivity index (χ1v) is 4.78. The number of hydrogen-bond acceptors (Lipinski definition) is 0. The van der Waals surface area contributed by atoms with Crippen molar-refractivity contribution in [3.63, 3.8) is 0 Å². The van der Waals surface area contributed by atoms with Crippen molar-refractivity contribution in [3.05, 3.63) is 33.8 Å². The molecule has 0 bridgehead atoms. The predicted molar refractivity (Wildman–Crippen MR) is 54.9 cm³/mol. The van der Waals surface area contributed by atoms with Gasteiger partial charge in [0.05, 0.1) is 0 Å². The molecule has 66 valence electrons. The monoisotopic (exact) mass is 182 g/mol. The Hall–Kier alpha value is -0.490. The molecule has 0 fully saturated rings. The molecule has 12 heavy (non-hydrogen) atoms. The first-order valence-electron chi connectivity index (χ1n) is 4.40. The van der Waals surface area contributed by atoms with Gasteiger partial charge in [-0.3, -0.25) is 0 Å². The Morgan fingerprint density at radius 3 is 2.08 bits per heavy atom. The smallest absolute Gasteiger partial charge is 0.0411 e. The van der Waals surface area contributed by atoms with Gasteiger partial charge in [-0.1, -0.05) is 24.9 Å². The maximum absolute atomic E-state index is 5.92. The van der Waals surface area contributed by atoms with Crippen molar-refractivity contribution < 1.29 is 0 Å². The van der Waals surface area contributed by atoms with Crippen molar-refractivity contribution in [1.82, 2.24) is 0 Å². The van der Waals surface area contributed by atoms with Crippen LogP contribution >= 0.6 is 11.6 Å². The van der Waals surface area contributed by atoms with Crippen molar-refractivity contribution in [2.24, 2.45) is 0 Å². The van der Waals surface area contributed by atoms with E-state index in [1.54, 1.807) is 0 Å². The molecular formula is C11H15Cl. The van der Waals surface area contributed by atoms with Crippen LogP contribution in [-0.4, -0.2) is 0 Å². The Labute approximate surface area is 79.6 Å². The molecule has 0 aromatic heterocycles. The highest BCUT2D eigenvalue weighted by atomic mass is 35.5. The molecule has 1 heteroatoms.